The lowest BCUT2D eigenvalue weighted by molar-refractivity contribution is -0.142. The van der Waals surface area contributed by atoms with E-state index in [1.54, 1.807) is 6.26 Å². The van der Waals surface area contributed by atoms with E-state index in [4.69, 9.17) is 22.9 Å². The number of primary amides is 1. The molecule has 4 unspecified atom stereocenters. The molecule has 0 aliphatic heterocycles. The number of hydrogen-bond acceptors (Lipinski definition) is 9. The van der Waals surface area contributed by atoms with Crippen LogP contribution in [0.25, 0.3) is 0 Å². The van der Waals surface area contributed by atoms with E-state index in [9.17, 15) is 29.1 Å². The summed E-state index contributed by atoms with van der Waals surface area (Å²) in [6.07, 6.45) is 2.27. The van der Waals surface area contributed by atoms with Gasteiger partial charge in [-0.25, -0.2) is 4.79 Å². The average molecular weight is 537 g/mol. The SMILES string of the molecule is CSCCC(NC(=O)C(CS)NC(=O)C(CCC(N)=O)NC(=O)C(N)CCCN=C(N)N)C(=O)O. The van der Waals surface area contributed by atoms with Crippen molar-refractivity contribution in [3.8, 4) is 0 Å². The molecule has 0 saturated heterocycles. The number of thiol groups is 1. The molecular weight excluding hydrogens is 500 g/mol. The van der Waals surface area contributed by atoms with Crippen molar-refractivity contribution in [2.75, 3.05) is 24.3 Å². The van der Waals surface area contributed by atoms with Crippen LogP contribution in [0.5, 0.6) is 0 Å². The number of hydrogen-bond donors (Lipinski definition) is 9. The zero-order valence-electron chi connectivity index (χ0n) is 19.6. The molecule has 200 valence electrons. The summed E-state index contributed by atoms with van der Waals surface area (Å²) in [5, 5.41) is 16.5. The number of aliphatic carboxylic acids is 1. The van der Waals surface area contributed by atoms with Crippen molar-refractivity contribution in [2.45, 2.75) is 56.3 Å². The molecule has 0 bridgehead atoms. The van der Waals surface area contributed by atoms with E-state index in [0.29, 0.717) is 12.2 Å². The Morgan fingerprint density at radius 3 is 2.00 bits per heavy atom. The summed E-state index contributed by atoms with van der Waals surface area (Å²) >= 11 is 5.48. The van der Waals surface area contributed by atoms with Gasteiger partial charge in [0, 0.05) is 18.7 Å². The fraction of sp³-hybridized carbons (Fsp3) is 0.684. The van der Waals surface area contributed by atoms with Crippen molar-refractivity contribution in [1.82, 2.24) is 16.0 Å². The van der Waals surface area contributed by atoms with Crippen LogP contribution in [0.15, 0.2) is 4.99 Å². The molecule has 0 fully saturated rings. The average Bonchev–Trinajstić information content (AvgIpc) is 2.79. The van der Waals surface area contributed by atoms with E-state index in [2.05, 4.69) is 33.6 Å². The number of amides is 4. The van der Waals surface area contributed by atoms with E-state index in [-0.39, 0.29) is 43.9 Å². The lowest BCUT2D eigenvalue weighted by Gasteiger charge is -2.24. The lowest BCUT2D eigenvalue weighted by atomic mass is 10.1. The monoisotopic (exact) mass is 536 g/mol. The Labute approximate surface area is 213 Å². The Balaban J connectivity index is 5.20. The molecule has 4 atom stereocenters. The molecule has 0 spiro atoms. The molecule has 16 heteroatoms. The van der Waals surface area contributed by atoms with Gasteiger partial charge in [0.2, 0.25) is 23.6 Å². The van der Waals surface area contributed by atoms with Crippen LogP contribution in [0.4, 0.5) is 0 Å². The molecule has 14 nitrogen and oxygen atoms in total. The van der Waals surface area contributed by atoms with Crippen molar-refractivity contribution in [1.29, 1.82) is 0 Å². The molecule has 0 saturated carbocycles. The lowest BCUT2D eigenvalue weighted by Crippen LogP contribution is -2.57. The molecule has 0 aliphatic carbocycles. The highest BCUT2D eigenvalue weighted by molar-refractivity contribution is 7.98. The van der Waals surface area contributed by atoms with Gasteiger partial charge in [-0.05, 0) is 37.7 Å². The van der Waals surface area contributed by atoms with Crippen LogP contribution in [-0.2, 0) is 24.0 Å². The third-order valence-corrected chi connectivity index (χ3v) is 5.67. The van der Waals surface area contributed by atoms with Crippen molar-refractivity contribution in [2.24, 2.45) is 27.9 Å². The van der Waals surface area contributed by atoms with Crippen molar-refractivity contribution < 1.29 is 29.1 Å². The first kappa shape index (κ1) is 32.3. The molecule has 0 aliphatic rings. The van der Waals surface area contributed by atoms with Gasteiger partial charge >= 0.3 is 5.97 Å². The number of carboxylic acid groups (broad SMARTS) is 1. The molecule has 0 rings (SSSR count). The van der Waals surface area contributed by atoms with Crippen LogP contribution in [0.2, 0.25) is 0 Å². The van der Waals surface area contributed by atoms with Crippen molar-refractivity contribution in [3.63, 3.8) is 0 Å². The normalized spacial score (nSPS) is 14.0. The van der Waals surface area contributed by atoms with Gasteiger partial charge in [0.05, 0.1) is 6.04 Å². The molecule has 4 amide bonds. The minimum absolute atomic E-state index is 0.0899. The quantitative estimate of drug-likeness (QED) is 0.0368. The molecule has 0 aromatic carbocycles. The highest BCUT2D eigenvalue weighted by Crippen LogP contribution is 2.04. The van der Waals surface area contributed by atoms with Gasteiger partial charge in [-0.1, -0.05) is 0 Å². The number of aliphatic imine (C=N–C) groups is 1. The zero-order valence-corrected chi connectivity index (χ0v) is 21.3. The Morgan fingerprint density at radius 2 is 1.49 bits per heavy atom. The van der Waals surface area contributed by atoms with Gasteiger partial charge in [0.25, 0.3) is 0 Å². The third-order valence-electron chi connectivity index (χ3n) is 4.66. The number of guanidine groups is 1. The second-order valence-electron chi connectivity index (χ2n) is 7.55. The molecular formula is C19H36N8O6S2. The van der Waals surface area contributed by atoms with Gasteiger partial charge in [-0.15, -0.1) is 0 Å². The summed E-state index contributed by atoms with van der Waals surface area (Å²) < 4.78 is 0. The highest BCUT2D eigenvalue weighted by Gasteiger charge is 2.29. The van der Waals surface area contributed by atoms with E-state index >= 15 is 0 Å². The number of rotatable bonds is 18. The number of thioether (sulfide) groups is 1. The summed E-state index contributed by atoms with van der Waals surface area (Å²) in [5.74, 6) is -3.83. The number of carbonyl (C=O) groups excluding carboxylic acids is 4. The minimum Gasteiger partial charge on any atom is -0.480 e. The number of carboxylic acids is 1. The number of nitrogens with two attached hydrogens (primary N) is 4. The number of nitrogens with zero attached hydrogens (tertiary/aromatic N) is 1. The van der Waals surface area contributed by atoms with Gasteiger partial charge in [-0.3, -0.25) is 24.2 Å². The second-order valence-corrected chi connectivity index (χ2v) is 8.90. The molecule has 0 heterocycles. The van der Waals surface area contributed by atoms with Crippen LogP contribution < -0.4 is 38.9 Å². The molecule has 0 aromatic rings. The predicted molar refractivity (Wildman–Crippen MR) is 137 cm³/mol. The summed E-state index contributed by atoms with van der Waals surface area (Å²) in [7, 11) is 0. The van der Waals surface area contributed by atoms with Gasteiger partial charge < -0.3 is 44.0 Å². The van der Waals surface area contributed by atoms with Crippen LogP contribution in [0, 0.1) is 0 Å². The van der Waals surface area contributed by atoms with Gasteiger partial charge in [0.1, 0.15) is 18.1 Å². The Kier molecular flexibility index (Phi) is 16.3. The fourth-order valence-electron chi connectivity index (χ4n) is 2.72. The first-order chi connectivity index (χ1) is 16.4. The summed E-state index contributed by atoms with van der Waals surface area (Å²) in [4.78, 5) is 64.2. The molecule has 0 radical (unpaired) electrons. The van der Waals surface area contributed by atoms with Gasteiger partial charge in [0.15, 0.2) is 5.96 Å². The first-order valence-electron chi connectivity index (χ1n) is 10.8. The first-order valence-corrected chi connectivity index (χ1v) is 12.8. The number of carbonyl (C=O) groups is 5. The Bertz CT molecular complexity index is 766. The second kappa shape index (κ2) is 17.7. The predicted octanol–water partition coefficient (Wildman–Crippen LogP) is -3.15. The Hall–Kier alpha value is -2.72. The molecule has 0 aromatic heterocycles. The van der Waals surface area contributed by atoms with Crippen molar-refractivity contribution >= 4 is 59.9 Å². The van der Waals surface area contributed by atoms with Crippen LogP contribution >= 0.6 is 24.4 Å². The highest BCUT2D eigenvalue weighted by atomic mass is 32.2. The maximum atomic E-state index is 12.8. The minimum atomic E-state index is -1.22. The molecule has 35 heavy (non-hydrogen) atoms. The summed E-state index contributed by atoms with van der Waals surface area (Å²) in [5.41, 5.74) is 21.5. The van der Waals surface area contributed by atoms with E-state index < -0.39 is 53.8 Å². The maximum absolute atomic E-state index is 12.8. The zero-order chi connectivity index (χ0) is 27.0. The molecule has 12 N–H and O–H groups in total. The Morgan fingerprint density at radius 1 is 0.914 bits per heavy atom. The topological polar surface area (TPSA) is 258 Å². The maximum Gasteiger partial charge on any atom is 0.326 e. The smallest absolute Gasteiger partial charge is 0.326 e. The van der Waals surface area contributed by atoms with Crippen LogP contribution in [0.1, 0.15) is 32.1 Å². The van der Waals surface area contributed by atoms with E-state index in [1.165, 1.54) is 11.8 Å². The summed E-state index contributed by atoms with van der Waals surface area (Å²) in [6, 6.07) is -4.54. The third kappa shape index (κ3) is 14.3. The van der Waals surface area contributed by atoms with Crippen LogP contribution in [0.3, 0.4) is 0 Å². The van der Waals surface area contributed by atoms with E-state index in [1.807, 2.05) is 0 Å². The number of nitrogens with one attached hydrogen (secondary N) is 3. The van der Waals surface area contributed by atoms with E-state index in [0.717, 1.165) is 0 Å². The van der Waals surface area contributed by atoms with Crippen molar-refractivity contribution in [3.05, 3.63) is 0 Å². The fourth-order valence-corrected chi connectivity index (χ4v) is 3.44. The van der Waals surface area contributed by atoms with Gasteiger partial charge in [-0.2, -0.15) is 24.4 Å². The largest absolute Gasteiger partial charge is 0.480 e. The standard InChI is InChI=1S/C19H36N8O6S2/c1-35-8-6-12(18(32)33)26-17(31)13(9-34)27-16(30)11(4-5-14(21)28)25-15(29)10(20)3-2-7-24-19(22)23/h10-13,34H,2-9,20H2,1H3,(H2,21,28)(H,25,29)(H,26,31)(H,27,30)(H,32,33)(H4,22,23,24). The van der Waals surface area contributed by atoms with Crippen LogP contribution in [-0.4, -0.2) is 89.1 Å². The summed E-state index contributed by atoms with van der Waals surface area (Å²) in [6.45, 7) is 0.266.